The standard InChI is InChI=1S/C7H14N2O2/c8-3-1-6(5-10)7(11)2-4-9/h5-6H,1-4,8-9H2. The van der Waals surface area contributed by atoms with Crippen LogP contribution in [0.1, 0.15) is 12.8 Å². The summed E-state index contributed by atoms with van der Waals surface area (Å²) in [4.78, 5) is 21.3. The number of Topliss-reactive ketones (excluding diaryl/α,β-unsaturated/α-hetero) is 1. The molecule has 0 bridgehead atoms. The fraction of sp³-hybridized carbons (Fsp3) is 0.714. The molecule has 0 aromatic rings. The quantitative estimate of drug-likeness (QED) is 0.386. The molecule has 0 aliphatic carbocycles. The van der Waals surface area contributed by atoms with Crippen molar-refractivity contribution in [2.75, 3.05) is 13.1 Å². The number of aldehydes is 1. The number of hydrogen-bond donors (Lipinski definition) is 2. The summed E-state index contributed by atoms with van der Waals surface area (Å²) in [5.74, 6) is -0.642. The van der Waals surface area contributed by atoms with E-state index in [4.69, 9.17) is 11.5 Å². The van der Waals surface area contributed by atoms with Crippen LogP contribution < -0.4 is 11.5 Å². The molecule has 0 aliphatic heterocycles. The van der Waals surface area contributed by atoms with Crippen molar-refractivity contribution in [2.45, 2.75) is 12.8 Å². The van der Waals surface area contributed by atoms with Gasteiger partial charge in [0, 0.05) is 6.42 Å². The molecule has 0 fully saturated rings. The summed E-state index contributed by atoms with van der Waals surface area (Å²) in [6.07, 6.45) is 1.34. The van der Waals surface area contributed by atoms with E-state index in [1.165, 1.54) is 0 Å². The van der Waals surface area contributed by atoms with E-state index < -0.39 is 5.92 Å². The lowest BCUT2D eigenvalue weighted by molar-refractivity contribution is -0.127. The summed E-state index contributed by atoms with van der Waals surface area (Å²) in [5, 5.41) is 0. The summed E-state index contributed by atoms with van der Waals surface area (Å²) in [7, 11) is 0. The Morgan fingerprint density at radius 3 is 2.36 bits per heavy atom. The predicted molar refractivity (Wildman–Crippen MR) is 41.9 cm³/mol. The molecule has 0 aromatic carbocycles. The maximum absolute atomic E-state index is 11.0. The smallest absolute Gasteiger partial charge is 0.144 e. The van der Waals surface area contributed by atoms with Crippen LogP contribution in [0, 0.1) is 5.92 Å². The SMILES string of the molecule is NCCC(=O)C(C=O)CCN. The molecular weight excluding hydrogens is 144 g/mol. The zero-order valence-corrected chi connectivity index (χ0v) is 6.45. The van der Waals surface area contributed by atoms with Crippen LogP contribution in [-0.4, -0.2) is 25.2 Å². The van der Waals surface area contributed by atoms with Crippen molar-refractivity contribution in [1.82, 2.24) is 0 Å². The van der Waals surface area contributed by atoms with E-state index in [-0.39, 0.29) is 12.2 Å². The van der Waals surface area contributed by atoms with Gasteiger partial charge in [0.15, 0.2) is 0 Å². The summed E-state index contributed by atoms with van der Waals surface area (Å²) in [5.41, 5.74) is 10.3. The van der Waals surface area contributed by atoms with Gasteiger partial charge in [0.1, 0.15) is 12.1 Å². The van der Waals surface area contributed by atoms with Gasteiger partial charge in [-0.3, -0.25) is 4.79 Å². The van der Waals surface area contributed by atoms with Crippen LogP contribution in [0.3, 0.4) is 0 Å². The van der Waals surface area contributed by atoms with Gasteiger partial charge < -0.3 is 16.3 Å². The fourth-order valence-electron chi connectivity index (χ4n) is 0.812. The zero-order chi connectivity index (χ0) is 8.69. The van der Waals surface area contributed by atoms with Gasteiger partial charge in [-0.05, 0) is 19.5 Å². The molecule has 0 rings (SSSR count). The van der Waals surface area contributed by atoms with Gasteiger partial charge in [0.25, 0.3) is 0 Å². The number of ketones is 1. The van der Waals surface area contributed by atoms with E-state index in [0.717, 1.165) is 0 Å². The van der Waals surface area contributed by atoms with Gasteiger partial charge in [-0.1, -0.05) is 0 Å². The lowest BCUT2D eigenvalue weighted by Crippen LogP contribution is -2.22. The Balaban J connectivity index is 3.81. The molecule has 0 spiro atoms. The second-order valence-electron chi connectivity index (χ2n) is 2.32. The number of carbonyl (C=O) groups excluding carboxylic acids is 2. The van der Waals surface area contributed by atoms with Gasteiger partial charge in [0.05, 0.1) is 5.92 Å². The van der Waals surface area contributed by atoms with Gasteiger partial charge >= 0.3 is 0 Å². The molecule has 0 heterocycles. The van der Waals surface area contributed by atoms with E-state index >= 15 is 0 Å². The number of rotatable bonds is 6. The van der Waals surface area contributed by atoms with Crippen molar-refractivity contribution in [3.8, 4) is 0 Å². The van der Waals surface area contributed by atoms with Crippen molar-refractivity contribution in [3.05, 3.63) is 0 Å². The average molecular weight is 158 g/mol. The molecule has 1 unspecified atom stereocenters. The number of nitrogens with two attached hydrogens (primary N) is 2. The Bertz CT molecular complexity index is 136. The maximum Gasteiger partial charge on any atom is 0.144 e. The fourth-order valence-corrected chi connectivity index (χ4v) is 0.812. The molecule has 4 N–H and O–H groups in total. The van der Waals surface area contributed by atoms with Crippen molar-refractivity contribution in [2.24, 2.45) is 17.4 Å². The van der Waals surface area contributed by atoms with E-state index in [1.807, 2.05) is 0 Å². The topological polar surface area (TPSA) is 86.2 Å². The van der Waals surface area contributed by atoms with Crippen LogP contribution >= 0.6 is 0 Å². The Morgan fingerprint density at radius 2 is 2.00 bits per heavy atom. The van der Waals surface area contributed by atoms with Crippen LogP contribution in [0.2, 0.25) is 0 Å². The highest BCUT2D eigenvalue weighted by atomic mass is 16.1. The Morgan fingerprint density at radius 1 is 1.36 bits per heavy atom. The third-order valence-electron chi connectivity index (χ3n) is 1.45. The molecule has 11 heavy (non-hydrogen) atoms. The average Bonchev–Trinajstić information content (AvgIpc) is 2.00. The third kappa shape index (κ3) is 3.85. The second-order valence-corrected chi connectivity index (χ2v) is 2.32. The number of hydrogen-bond acceptors (Lipinski definition) is 4. The van der Waals surface area contributed by atoms with E-state index in [9.17, 15) is 9.59 Å². The first kappa shape index (κ1) is 10.3. The minimum Gasteiger partial charge on any atom is -0.330 e. The highest BCUT2D eigenvalue weighted by Crippen LogP contribution is 2.01. The Kier molecular flexibility index (Phi) is 5.60. The van der Waals surface area contributed by atoms with Gasteiger partial charge in [-0.15, -0.1) is 0 Å². The zero-order valence-electron chi connectivity index (χ0n) is 6.45. The van der Waals surface area contributed by atoms with Crippen LogP contribution in [0.15, 0.2) is 0 Å². The minimum absolute atomic E-state index is 0.104. The van der Waals surface area contributed by atoms with Gasteiger partial charge in [0.2, 0.25) is 0 Å². The molecule has 64 valence electrons. The van der Waals surface area contributed by atoms with Crippen LogP contribution in [0.5, 0.6) is 0 Å². The van der Waals surface area contributed by atoms with E-state index in [1.54, 1.807) is 0 Å². The maximum atomic E-state index is 11.0. The van der Waals surface area contributed by atoms with Crippen LogP contribution in [0.4, 0.5) is 0 Å². The predicted octanol–water partition coefficient (Wildman–Crippen LogP) is -0.932. The second kappa shape index (κ2) is 6.00. The molecule has 0 saturated heterocycles. The van der Waals surface area contributed by atoms with Crippen LogP contribution in [-0.2, 0) is 9.59 Å². The molecule has 4 heteroatoms. The molecule has 0 aromatic heterocycles. The molecule has 0 saturated carbocycles. The lowest BCUT2D eigenvalue weighted by atomic mass is 10.00. The summed E-state index contributed by atoms with van der Waals surface area (Å²) < 4.78 is 0. The molecule has 0 radical (unpaired) electrons. The van der Waals surface area contributed by atoms with Crippen molar-refractivity contribution in [1.29, 1.82) is 0 Å². The van der Waals surface area contributed by atoms with Crippen molar-refractivity contribution in [3.63, 3.8) is 0 Å². The molecule has 0 aliphatic rings. The van der Waals surface area contributed by atoms with E-state index in [0.29, 0.717) is 25.8 Å². The largest absolute Gasteiger partial charge is 0.330 e. The first-order valence-electron chi connectivity index (χ1n) is 3.64. The van der Waals surface area contributed by atoms with Crippen molar-refractivity contribution < 1.29 is 9.59 Å². The Hall–Kier alpha value is -0.740. The summed E-state index contributed by atoms with van der Waals surface area (Å²) in [6.45, 7) is 0.660. The summed E-state index contributed by atoms with van der Waals surface area (Å²) in [6, 6.07) is 0. The Labute approximate surface area is 65.9 Å². The molecule has 1 atom stereocenters. The highest BCUT2D eigenvalue weighted by Gasteiger charge is 2.14. The van der Waals surface area contributed by atoms with Gasteiger partial charge in [-0.2, -0.15) is 0 Å². The molecule has 4 nitrogen and oxygen atoms in total. The minimum atomic E-state index is -0.538. The first-order chi connectivity index (χ1) is 5.26. The molecular formula is C7H14N2O2. The number of carbonyl (C=O) groups is 2. The van der Waals surface area contributed by atoms with E-state index in [2.05, 4.69) is 0 Å². The lowest BCUT2D eigenvalue weighted by Gasteiger charge is -2.05. The molecule has 0 amide bonds. The normalized spacial score (nSPS) is 12.5. The van der Waals surface area contributed by atoms with Crippen molar-refractivity contribution >= 4 is 12.1 Å². The third-order valence-corrected chi connectivity index (χ3v) is 1.45. The van der Waals surface area contributed by atoms with Gasteiger partial charge in [-0.25, -0.2) is 0 Å². The monoisotopic (exact) mass is 158 g/mol. The summed E-state index contributed by atoms with van der Waals surface area (Å²) >= 11 is 0. The highest BCUT2D eigenvalue weighted by molar-refractivity contribution is 5.93. The first-order valence-corrected chi connectivity index (χ1v) is 3.64. The van der Waals surface area contributed by atoms with Crippen LogP contribution in [0.25, 0.3) is 0 Å².